The molecule has 0 aromatic heterocycles. The van der Waals surface area contributed by atoms with E-state index in [2.05, 4.69) is 98.2 Å². The third-order valence-electron chi connectivity index (χ3n) is 8.04. The molecule has 1 atom stereocenters. The molecule has 0 fully saturated rings. The second-order valence-electron chi connectivity index (χ2n) is 12.8. The fourth-order valence-corrected chi connectivity index (χ4v) is 5.14. The number of unbranched alkanes of at least 4 members (excludes halogenated alkanes) is 11. The van der Waals surface area contributed by atoms with Gasteiger partial charge in [0, 0.05) is 12.8 Å². The van der Waals surface area contributed by atoms with E-state index in [0.29, 0.717) is 25.7 Å². The normalized spacial score (nSPS) is 13.0. The van der Waals surface area contributed by atoms with Crippen molar-refractivity contribution in [1.82, 2.24) is 5.32 Å². The van der Waals surface area contributed by atoms with Gasteiger partial charge in [0.2, 0.25) is 5.91 Å². The Morgan fingerprint density at radius 2 is 1.04 bits per heavy atom. The summed E-state index contributed by atoms with van der Waals surface area (Å²) in [6, 6.07) is 0. The van der Waals surface area contributed by atoms with Crippen LogP contribution >= 0.6 is 0 Å². The van der Waals surface area contributed by atoms with Crippen molar-refractivity contribution in [2.45, 2.75) is 168 Å². The number of carboxylic acids is 1. The van der Waals surface area contributed by atoms with Gasteiger partial charge in [-0.15, -0.1) is 0 Å². The summed E-state index contributed by atoms with van der Waals surface area (Å²) in [5.41, 5.74) is 0. The zero-order valence-corrected chi connectivity index (χ0v) is 31.7. The van der Waals surface area contributed by atoms with Gasteiger partial charge in [-0.05, 0) is 96.0 Å². The summed E-state index contributed by atoms with van der Waals surface area (Å²) in [7, 11) is 0. The molecule has 0 rings (SSSR count). The van der Waals surface area contributed by atoms with Crippen LogP contribution in [0, 0.1) is 0 Å². The average molecular weight is 694 g/mol. The van der Waals surface area contributed by atoms with E-state index < -0.39 is 5.97 Å². The summed E-state index contributed by atoms with van der Waals surface area (Å²) in [5, 5.41) is 11.1. The first-order chi connectivity index (χ1) is 24.5. The van der Waals surface area contributed by atoms with Crippen molar-refractivity contribution in [2.75, 3.05) is 6.54 Å². The highest BCUT2D eigenvalue weighted by Gasteiger charge is 2.12. The van der Waals surface area contributed by atoms with Gasteiger partial charge in [-0.2, -0.15) is 0 Å². The lowest BCUT2D eigenvalue weighted by molar-refractivity contribution is -0.147. The Hall–Kier alpha value is -3.41. The Morgan fingerprint density at radius 3 is 1.62 bits per heavy atom. The standard InChI is InChI=1S/C44H71NO5/c1-3-5-7-9-11-13-15-16-17-18-19-20-21-22-24-26-28-30-35-39-44(49)50-41(37-33-31-34-38-42(46)45-40-43(47)48)36-32-29-27-25-23-14-12-10-8-6-4-2/h6,8,11-14,16-17,19-20,25,27,32,36,41H,3-5,7,9-10,15,18,21-24,26,28-31,33-35,37-40H2,1-2H3,(H,45,46)(H,47,48)/b8-6-,13-11-,14-12-,17-16-,20-19-,27-25-,36-32-. The minimum atomic E-state index is -1.05. The van der Waals surface area contributed by atoms with Gasteiger partial charge in [0.15, 0.2) is 0 Å². The van der Waals surface area contributed by atoms with E-state index in [4.69, 9.17) is 9.84 Å². The van der Waals surface area contributed by atoms with Crippen molar-refractivity contribution in [1.29, 1.82) is 0 Å². The van der Waals surface area contributed by atoms with Crippen LogP contribution in [0.5, 0.6) is 0 Å². The van der Waals surface area contributed by atoms with E-state index in [-0.39, 0.29) is 24.5 Å². The van der Waals surface area contributed by atoms with Gasteiger partial charge < -0.3 is 15.2 Å². The van der Waals surface area contributed by atoms with Crippen LogP contribution in [0.25, 0.3) is 0 Å². The summed E-state index contributed by atoms with van der Waals surface area (Å²) in [6.07, 6.45) is 52.8. The Bertz CT molecular complexity index is 1030. The van der Waals surface area contributed by atoms with E-state index >= 15 is 0 Å². The lowest BCUT2D eigenvalue weighted by Crippen LogP contribution is -2.28. The van der Waals surface area contributed by atoms with Crippen molar-refractivity contribution in [3.63, 3.8) is 0 Å². The van der Waals surface area contributed by atoms with Crippen molar-refractivity contribution in [3.05, 3.63) is 85.1 Å². The Kier molecular flexibility index (Phi) is 35.8. The molecule has 0 aliphatic heterocycles. The number of hydrogen-bond acceptors (Lipinski definition) is 4. The van der Waals surface area contributed by atoms with Gasteiger partial charge in [0.25, 0.3) is 0 Å². The molecule has 282 valence electrons. The third kappa shape index (κ3) is 37.4. The van der Waals surface area contributed by atoms with Crippen LogP contribution in [0.2, 0.25) is 0 Å². The van der Waals surface area contributed by atoms with Gasteiger partial charge >= 0.3 is 11.9 Å². The first-order valence-corrected chi connectivity index (χ1v) is 19.7. The predicted octanol–water partition coefficient (Wildman–Crippen LogP) is 12.0. The Balaban J connectivity index is 4.28. The van der Waals surface area contributed by atoms with Crippen molar-refractivity contribution in [2.24, 2.45) is 0 Å². The molecule has 6 heteroatoms. The zero-order valence-electron chi connectivity index (χ0n) is 31.7. The molecule has 0 aliphatic rings. The lowest BCUT2D eigenvalue weighted by atomic mass is 10.1. The van der Waals surface area contributed by atoms with Crippen LogP contribution in [0.1, 0.15) is 162 Å². The van der Waals surface area contributed by atoms with Gasteiger partial charge in [-0.25, -0.2) is 0 Å². The van der Waals surface area contributed by atoms with Crippen LogP contribution < -0.4 is 5.32 Å². The molecule has 0 heterocycles. The lowest BCUT2D eigenvalue weighted by Gasteiger charge is -2.14. The number of esters is 1. The van der Waals surface area contributed by atoms with Gasteiger partial charge in [-0.1, -0.05) is 138 Å². The van der Waals surface area contributed by atoms with Crippen LogP contribution in [-0.2, 0) is 19.1 Å². The number of ether oxygens (including phenoxy) is 1. The van der Waals surface area contributed by atoms with E-state index in [1.165, 1.54) is 44.9 Å². The summed E-state index contributed by atoms with van der Waals surface area (Å²) in [5.74, 6) is -1.44. The fourth-order valence-electron chi connectivity index (χ4n) is 5.14. The smallest absolute Gasteiger partial charge is 0.322 e. The van der Waals surface area contributed by atoms with Gasteiger partial charge in [-0.3, -0.25) is 14.4 Å². The zero-order chi connectivity index (χ0) is 36.6. The quantitative estimate of drug-likeness (QED) is 0.0397. The van der Waals surface area contributed by atoms with E-state index in [0.717, 1.165) is 77.0 Å². The number of carboxylic acid groups (broad SMARTS) is 1. The minimum Gasteiger partial charge on any atom is -0.480 e. The van der Waals surface area contributed by atoms with Crippen molar-refractivity contribution >= 4 is 17.8 Å². The molecule has 6 nitrogen and oxygen atoms in total. The number of aliphatic carboxylic acids is 1. The molecular weight excluding hydrogens is 622 g/mol. The molecule has 0 bridgehead atoms. The molecule has 1 unspecified atom stereocenters. The molecule has 2 N–H and O–H groups in total. The maximum Gasteiger partial charge on any atom is 0.322 e. The average Bonchev–Trinajstić information content (AvgIpc) is 3.10. The number of rotatable bonds is 34. The topological polar surface area (TPSA) is 92.7 Å². The highest BCUT2D eigenvalue weighted by atomic mass is 16.5. The van der Waals surface area contributed by atoms with Crippen LogP contribution in [0.3, 0.4) is 0 Å². The number of carbonyl (C=O) groups excluding carboxylic acids is 2. The molecule has 0 aromatic carbocycles. The molecule has 0 aliphatic carbocycles. The molecular formula is C44H71NO5. The maximum atomic E-state index is 12.6. The summed E-state index contributed by atoms with van der Waals surface area (Å²) < 4.78 is 5.84. The largest absolute Gasteiger partial charge is 0.480 e. The summed E-state index contributed by atoms with van der Waals surface area (Å²) in [6.45, 7) is 4.02. The summed E-state index contributed by atoms with van der Waals surface area (Å²) in [4.78, 5) is 35.0. The molecule has 1 amide bonds. The first kappa shape index (κ1) is 46.6. The van der Waals surface area contributed by atoms with Crippen LogP contribution in [0.4, 0.5) is 0 Å². The molecule has 0 radical (unpaired) electrons. The number of amides is 1. The molecule has 0 saturated heterocycles. The first-order valence-electron chi connectivity index (χ1n) is 19.7. The van der Waals surface area contributed by atoms with Gasteiger partial charge in [0.05, 0.1) is 0 Å². The number of nitrogens with one attached hydrogen (secondary N) is 1. The second kappa shape index (κ2) is 38.4. The van der Waals surface area contributed by atoms with E-state index in [9.17, 15) is 14.4 Å². The van der Waals surface area contributed by atoms with Gasteiger partial charge in [0.1, 0.15) is 12.6 Å². The molecule has 50 heavy (non-hydrogen) atoms. The second-order valence-corrected chi connectivity index (χ2v) is 12.8. The fraction of sp³-hybridized carbons (Fsp3) is 0.614. The number of hydrogen-bond donors (Lipinski definition) is 2. The van der Waals surface area contributed by atoms with E-state index in [1.54, 1.807) is 0 Å². The highest BCUT2D eigenvalue weighted by Crippen LogP contribution is 2.14. The Morgan fingerprint density at radius 1 is 0.560 bits per heavy atom. The van der Waals surface area contributed by atoms with Crippen LogP contribution in [0.15, 0.2) is 85.1 Å². The number of allylic oxidation sites excluding steroid dienone is 13. The molecule has 0 spiro atoms. The summed E-state index contributed by atoms with van der Waals surface area (Å²) >= 11 is 0. The SMILES string of the molecule is CC/C=C\C/C=C\C/C=C\C/C=C\C(CCCCCC(=O)NCC(=O)O)OC(=O)CCCCCCCC/C=C\C/C=C\C/C=C\CCCCC. The maximum absolute atomic E-state index is 12.6. The van der Waals surface area contributed by atoms with Crippen molar-refractivity contribution < 1.29 is 24.2 Å². The number of carbonyl (C=O) groups is 3. The third-order valence-corrected chi connectivity index (χ3v) is 8.04. The predicted molar refractivity (Wildman–Crippen MR) is 212 cm³/mol. The monoisotopic (exact) mass is 694 g/mol. The Labute approximate surface area is 306 Å². The highest BCUT2D eigenvalue weighted by molar-refractivity contribution is 5.80. The minimum absolute atomic E-state index is 0.146. The van der Waals surface area contributed by atoms with Crippen LogP contribution in [-0.4, -0.2) is 35.6 Å². The molecule has 0 aromatic rings. The van der Waals surface area contributed by atoms with E-state index in [1.807, 2.05) is 6.08 Å². The van der Waals surface area contributed by atoms with Crippen molar-refractivity contribution in [3.8, 4) is 0 Å². The molecule has 0 saturated carbocycles.